The summed E-state index contributed by atoms with van der Waals surface area (Å²) >= 11 is 0. The molecule has 2 aliphatic heterocycles. The lowest BCUT2D eigenvalue weighted by Crippen LogP contribution is -2.47. The second-order valence-corrected chi connectivity index (χ2v) is 5.55. The van der Waals surface area contributed by atoms with Crippen LogP contribution >= 0.6 is 0 Å². The zero-order valence-electron chi connectivity index (χ0n) is 11.8. The number of ether oxygens (including phenoxy) is 2. The minimum absolute atomic E-state index is 0.107. The third kappa shape index (κ3) is 2.83. The third-order valence-corrected chi connectivity index (χ3v) is 4.13. The van der Waals surface area contributed by atoms with Gasteiger partial charge in [0.15, 0.2) is 0 Å². The molecule has 0 spiro atoms. The molecule has 2 saturated heterocycles. The highest BCUT2D eigenvalue weighted by Gasteiger charge is 2.30. The van der Waals surface area contributed by atoms with E-state index in [1.807, 2.05) is 14.0 Å². The fraction of sp³-hybridized carbons (Fsp3) is 0.786. The van der Waals surface area contributed by atoms with Crippen LogP contribution < -0.4 is 0 Å². The van der Waals surface area contributed by atoms with Crippen LogP contribution in [0, 0.1) is 6.92 Å². The fourth-order valence-corrected chi connectivity index (χ4v) is 3.14. The van der Waals surface area contributed by atoms with E-state index in [2.05, 4.69) is 20.6 Å². The molecule has 0 saturated carbocycles. The summed E-state index contributed by atoms with van der Waals surface area (Å²) in [5.74, 6) is 1.05. The summed E-state index contributed by atoms with van der Waals surface area (Å²) in [6.07, 6.45) is 4.46. The van der Waals surface area contributed by atoms with Crippen LogP contribution in [0.15, 0.2) is 6.20 Å². The van der Waals surface area contributed by atoms with Crippen molar-refractivity contribution >= 4 is 0 Å². The number of nitrogens with zero attached hydrogens (tertiary/aromatic N) is 3. The van der Waals surface area contributed by atoms with Gasteiger partial charge in [-0.2, -0.15) is 0 Å². The topological polar surface area (TPSA) is 39.5 Å². The quantitative estimate of drug-likeness (QED) is 0.807. The lowest BCUT2D eigenvalue weighted by Gasteiger charge is -2.39. The summed E-state index contributed by atoms with van der Waals surface area (Å²) in [5.41, 5.74) is 1.06. The van der Waals surface area contributed by atoms with Gasteiger partial charge in [-0.15, -0.1) is 0 Å². The van der Waals surface area contributed by atoms with Crippen LogP contribution in [0.2, 0.25) is 0 Å². The summed E-state index contributed by atoms with van der Waals surface area (Å²) in [5, 5.41) is 0. The van der Waals surface area contributed by atoms with Gasteiger partial charge in [-0.3, -0.25) is 4.90 Å². The lowest BCUT2D eigenvalue weighted by atomic mass is 10.1. The second-order valence-electron chi connectivity index (χ2n) is 5.55. The van der Waals surface area contributed by atoms with Gasteiger partial charge >= 0.3 is 0 Å². The first-order chi connectivity index (χ1) is 9.24. The van der Waals surface area contributed by atoms with Crippen molar-refractivity contribution in [2.24, 2.45) is 7.05 Å². The Hall–Kier alpha value is -0.910. The van der Waals surface area contributed by atoms with Crippen LogP contribution in [0.5, 0.6) is 0 Å². The van der Waals surface area contributed by atoms with Crippen LogP contribution in [0.3, 0.4) is 0 Å². The molecule has 0 amide bonds. The third-order valence-electron chi connectivity index (χ3n) is 4.13. The van der Waals surface area contributed by atoms with Crippen LogP contribution in [-0.4, -0.2) is 53.4 Å². The van der Waals surface area contributed by atoms with E-state index in [9.17, 15) is 0 Å². The maximum atomic E-state index is 5.92. The molecular formula is C14H23N3O2. The standard InChI is InChI=1S/C14H23N3O2/c1-11-9-16(2)14(15-11)13-10-17(5-8-19-13)12-3-6-18-7-4-12/h9,12-13H,3-8,10H2,1-2H3/t13-/m1/s1. The van der Waals surface area contributed by atoms with E-state index < -0.39 is 0 Å². The zero-order valence-corrected chi connectivity index (χ0v) is 11.8. The van der Waals surface area contributed by atoms with Crippen molar-refractivity contribution in [1.82, 2.24) is 14.5 Å². The number of hydrogen-bond donors (Lipinski definition) is 0. The number of aromatic nitrogens is 2. The van der Waals surface area contributed by atoms with Gasteiger partial charge in [-0.05, 0) is 19.8 Å². The van der Waals surface area contributed by atoms with Crippen LogP contribution in [0.25, 0.3) is 0 Å². The normalized spacial score (nSPS) is 26.7. The molecule has 19 heavy (non-hydrogen) atoms. The highest BCUT2D eigenvalue weighted by Crippen LogP contribution is 2.25. The number of hydrogen-bond acceptors (Lipinski definition) is 4. The molecular weight excluding hydrogens is 242 g/mol. The van der Waals surface area contributed by atoms with E-state index in [0.717, 1.165) is 57.3 Å². The van der Waals surface area contributed by atoms with E-state index in [1.165, 1.54) is 0 Å². The summed E-state index contributed by atoms with van der Waals surface area (Å²) < 4.78 is 13.5. The molecule has 2 fully saturated rings. The molecule has 1 aromatic rings. The Labute approximate surface area is 114 Å². The number of aryl methyl sites for hydroxylation is 2. The smallest absolute Gasteiger partial charge is 0.139 e. The highest BCUT2D eigenvalue weighted by molar-refractivity contribution is 5.05. The molecule has 0 bridgehead atoms. The maximum absolute atomic E-state index is 5.92. The van der Waals surface area contributed by atoms with E-state index in [-0.39, 0.29) is 6.10 Å². The molecule has 3 heterocycles. The molecule has 0 radical (unpaired) electrons. The molecule has 3 rings (SSSR count). The van der Waals surface area contributed by atoms with Crippen molar-refractivity contribution in [1.29, 1.82) is 0 Å². The Balaban J connectivity index is 1.69. The first-order valence-electron chi connectivity index (χ1n) is 7.17. The molecule has 1 atom stereocenters. The Morgan fingerprint density at radius 3 is 2.74 bits per heavy atom. The van der Waals surface area contributed by atoms with Crippen molar-refractivity contribution < 1.29 is 9.47 Å². The van der Waals surface area contributed by atoms with E-state index in [1.54, 1.807) is 0 Å². The average molecular weight is 265 g/mol. The summed E-state index contributed by atoms with van der Waals surface area (Å²) in [6.45, 7) is 6.61. The number of imidazole rings is 1. The summed E-state index contributed by atoms with van der Waals surface area (Å²) in [6, 6.07) is 0.654. The van der Waals surface area contributed by atoms with Gasteiger partial charge in [0, 0.05) is 45.6 Å². The van der Waals surface area contributed by atoms with Gasteiger partial charge in [0.25, 0.3) is 0 Å². The molecule has 5 heteroatoms. The minimum Gasteiger partial charge on any atom is -0.381 e. The van der Waals surface area contributed by atoms with Crippen molar-refractivity contribution in [2.45, 2.75) is 31.9 Å². The van der Waals surface area contributed by atoms with E-state index >= 15 is 0 Å². The van der Waals surface area contributed by atoms with Crippen LogP contribution in [0.4, 0.5) is 0 Å². The molecule has 0 aromatic carbocycles. The number of rotatable bonds is 2. The van der Waals surface area contributed by atoms with Gasteiger partial charge < -0.3 is 14.0 Å². The first-order valence-corrected chi connectivity index (χ1v) is 7.17. The molecule has 2 aliphatic rings. The Kier molecular flexibility index (Phi) is 3.86. The predicted molar refractivity (Wildman–Crippen MR) is 72.1 cm³/mol. The monoisotopic (exact) mass is 265 g/mol. The highest BCUT2D eigenvalue weighted by atomic mass is 16.5. The summed E-state index contributed by atoms with van der Waals surface area (Å²) in [7, 11) is 2.05. The van der Waals surface area contributed by atoms with Crippen LogP contribution in [0.1, 0.15) is 30.5 Å². The SMILES string of the molecule is Cc1cn(C)c([C@H]2CN(C3CCOCC3)CCO2)n1. The predicted octanol–water partition coefficient (Wildman–Crippen LogP) is 1.28. The van der Waals surface area contributed by atoms with Crippen LogP contribution in [-0.2, 0) is 16.5 Å². The van der Waals surface area contributed by atoms with Gasteiger partial charge in [0.2, 0.25) is 0 Å². The van der Waals surface area contributed by atoms with Gasteiger partial charge in [-0.25, -0.2) is 4.98 Å². The fourth-order valence-electron chi connectivity index (χ4n) is 3.14. The Morgan fingerprint density at radius 2 is 2.05 bits per heavy atom. The summed E-state index contributed by atoms with van der Waals surface area (Å²) in [4.78, 5) is 7.16. The van der Waals surface area contributed by atoms with Crippen molar-refractivity contribution in [2.75, 3.05) is 32.9 Å². The van der Waals surface area contributed by atoms with Gasteiger partial charge in [0.05, 0.1) is 12.3 Å². The van der Waals surface area contributed by atoms with Gasteiger partial charge in [-0.1, -0.05) is 0 Å². The maximum Gasteiger partial charge on any atom is 0.139 e. The Bertz CT molecular complexity index is 426. The molecule has 1 aromatic heterocycles. The molecule has 5 nitrogen and oxygen atoms in total. The molecule has 0 N–H and O–H groups in total. The van der Waals surface area contributed by atoms with E-state index in [0.29, 0.717) is 6.04 Å². The van der Waals surface area contributed by atoms with Crippen molar-refractivity contribution in [3.05, 3.63) is 17.7 Å². The molecule has 0 aliphatic carbocycles. The average Bonchev–Trinajstić information content (AvgIpc) is 2.79. The van der Waals surface area contributed by atoms with Gasteiger partial charge in [0.1, 0.15) is 11.9 Å². The minimum atomic E-state index is 0.107. The lowest BCUT2D eigenvalue weighted by molar-refractivity contribution is -0.0671. The second kappa shape index (κ2) is 5.61. The molecule has 106 valence electrons. The largest absolute Gasteiger partial charge is 0.381 e. The van der Waals surface area contributed by atoms with E-state index in [4.69, 9.17) is 9.47 Å². The zero-order chi connectivity index (χ0) is 13.2. The number of morpholine rings is 1. The molecule has 0 unspecified atom stereocenters. The Morgan fingerprint density at radius 1 is 1.26 bits per heavy atom. The van der Waals surface area contributed by atoms with Crippen molar-refractivity contribution in [3.63, 3.8) is 0 Å². The first kappa shape index (κ1) is 13.1. The van der Waals surface area contributed by atoms with Crippen molar-refractivity contribution in [3.8, 4) is 0 Å².